The van der Waals surface area contributed by atoms with Crippen LogP contribution in [0.3, 0.4) is 0 Å². The van der Waals surface area contributed by atoms with Crippen molar-refractivity contribution in [1.29, 1.82) is 0 Å². The van der Waals surface area contributed by atoms with Crippen molar-refractivity contribution in [2.24, 2.45) is 0 Å². The summed E-state index contributed by atoms with van der Waals surface area (Å²) in [5.74, 6) is -0.0773. The van der Waals surface area contributed by atoms with E-state index in [1.807, 2.05) is 6.92 Å². The van der Waals surface area contributed by atoms with E-state index in [0.717, 1.165) is 28.3 Å². The molecule has 3 heteroatoms. The maximum Gasteiger partial charge on any atom is 0.199 e. The number of benzene rings is 2. The molecule has 0 bridgehead atoms. The number of nitrogens with zero attached hydrogens (tertiary/aromatic N) is 1. The lowest BCUT2D eigenvalue weighted by atomic mass is 10.1. The molecule has 0 saturated carbocycles. The molecule has 2 aromatic carbocycles. The minimum Gasteiger partial charge on any atom is -0.494 e. The predicted octanol–water partition coefficient (Wildman–Crippen LogP) is 4.41. The normalized spacial score (nSPS) is 11.2. The first kappa shape index (κ1) is 13.7. The summed E-state index contributed by atoms with van der Waals surface area (Å²) in [7, 11) is 0. The van der Waals surface area contributed by atoms with E-state index >= 15 is 0 Å². The number of hydrogen-bond donors (Lipinski definition) is 1. The fourth-order valence-electron chi connectivity index (χ4n) is 2.75. The molecule has 1 aromatic heterocycles. The van der Waals surface area contributed by atoms with Crippen molar-refractivity contribution in [2.45, 2.75) is 26.8 Å². The molecule has 2 nitrogen and oxygen atoms in total. The highest BCUT2D eigenvalue weighted by Gasteiger charge is 2.12. The maximum absolute atomic E-state index is 13.5. The summed E-state index contributed by atoms with van der Waals surface area (Å²) in [6.07, 6.45) is 2.81. The zero-order chi connectivity index (χ0) is 15.0. The van der Waals surface area contributed by atoms with E-state index in [9.17, 15) is 9.50 Å². The van der Waals surface area contributed by atoms with E-state index in [1.54, 1.807) is 10.8 Å². The Labute approximate surface area is 123 Å². The molecular weight excluding hydrogens is 265 g/mol. The van der Waals surface area contributed by atoms with Crippen LogP contribution in [0.25, 0.3) is 10.8 Å². The highest BCUT2D eigenvalue weighted by Crippen LogP contribution is 2.31. The zero-order valence-electron chi connectivity index (χ0n) is 12.2. The van der Waals surface area contributed by atoms with Crippen molar-refractivity contribution < 1.29 is 9.50 Å². The van der Waals surface area contributed by atoms with Crippen LogP contribution in [0.2, 0.25) is 0 Å². The second-order valence-corrected chi connectivity index (χ2v) is 5.44. The van der Waals surface area contributed by atoms with Crippen LogP contribution in [0, 0.1) is 12.7 Å². The molecule has 0 aliphatic heterocycles. The van der Waals surface area contributed by atoms with Gasteiger partial charge in [0.15, 0.2) is 5.88 Å². The molecule has 21 heavy (non-hydrogen) atoms. The van der Waals surface area contributed by atoms with Gasteiger partial charge in [0.2, 0.25) is 0 Å². The highest BCUT2D eigenvalue weighted by atomic mass is 19.1. The molecule has 0 unspecified atom stereocenters. The molecule has 0 aliphatic rings. The summed E-state index contributed by atoms with van der Waals surface area (Å²) in [6.45, 7) is 4.51. The number of aromatic nitrogens is 1. The molecule has 0 fully saturated rings. The van der Waals surface area contributed by atoms with Gasteiger partial charge in [-0.05, 0) is 42.2 Å². The fourth-order valence-corrected chi connectivity index (χ4v) is 2.75. The Morgan fingerprint density at radius 3 is 2.43 bits per heavy atom. The number of aryl methyl sites for hydroxylation is 2. The first-order valence-electron chi connectivity index (χ1n) is 7.14. The third-order valence-electron chi connectivity index (χ3n) is 3.91. The fraction of sp³-hybridized carbons (Fsp3) is 0.222. The third-order valence-corrected chi connectivity index (χ3v) is 3.91. The first-order chi connectivity index (χ1) is 10.1. The van der Waals surface area contributed by atoms with Gasteiger partial charge in [-0.25, -0.2) is 4.39 Å². The number of rotatable bonds is 3. The van der Waals surface area contributed by atoms with E-state index < -0.39 is 0 Å². The summed E-state index contributed by atoms with van der Waals surface area (Å²) in [4.78, 5) is 0. The van der Waals surface area contributed by atoms with Gasteiger partial charge in [-0.15, -0.1) is 0 Å². The van der Waals surface area contributed by atoms with Gasteiger partial charge in [-0.2, -0.15) is 0 Å². The van der Waals surface area contributed by atoms with Gasteiger partial charge in [0.05, 0.1) is 6.54 Å². The molecule has 0 aliphatic carbocycles. The van der Waals surface area contributed by atoms with Crippen LogP contribution < -0.4 is 0 Å². The van der Waals surface area contributed by atoms with E-state index in [4.69, 9.17) is 0 Å². The minimum atomic E-state index is -0.274. The zero-order valence-corrected chi connectivity index (χ0v) is 12.2. The van der Waals surface area contributed by atoms with E-state index in [2.05, 4.69) is 31.2 Å². The van der Waals surface area contributed by atoms with Gasteiger partial charge in [0.25, 0.3) is 0 Å². The lowest BCUT2D eigenvalue weighted by Crippen LogP contribution is -1.97. The van der Waals surface area contributed by atoms with Crippen LogP contribution in [0.5, 0.6) is 5.88 Å². The number of fused-ring (bicyclic) bond motifs is 1. The summed E-state index contributed by atoms with van der Waals surface area (Å²) in [5.41, 5.74) is 3.15. The predicted molar refractivity (Wildman–Crippen MR) is 83.2 cm³/mol. The van der Waals surface area contributed by atoms with Crippen LogP contribution in [-0.2, 0) is 13.0 Å². The van der Waals surface area contributed by atoms with Crippen LogP contribution in [0.1, 0.15) is 23.6 Å². The van der Waals surface area contributed by atoms with Gasteiger partial charge in [-0.1, -0.05) is 31.2 Å². The van der Waals surface area contributed by atoms with Gasteiger partial charge < -0.3 is 9.67 Å². The summed E-state index contributed by atoms with van der Waals surface area (Å²) in [5, 5.41) is 11.8. The molecule has 3 rings (SSSR count). The van der Waals surface area contributed by atoms with Gasteiger partial charge in [0.1, 0.15) is 5.82 Å². The van der Waals surface area contributed by atoms with Crippen molar-refractivity contribution in [3.63, 3.8) is 0 Å². The summed E-state index contributed by atoms with van der Waals surface area (Å²) < 4.78 is 15.2. The Morgan fingerprint density at radius 2 is 1.76 bits per heavy atom. The number of hydrogen-bond acceptors (Lipinski definition) is 1. The summed E-state index contributed by atoms with van der Waals surface area (Å²) >= 11 is 0. The molecule has 1 N–H and O–H groups in total. The maximum atomic E-state index is 13.5. The molecule has 0 amide bonds. The van der Waals surface area contributed by atoms with Crippen molar-refractivity contribution in [1.82, 2.24) is 4.57 Å². The molecule has 1 heterocycles. The molecule has 108 valence electrons. The number of halogens is 1. The SMILES string of the molecule is CCc1ccc(Cn2cc3cc(F)cc(C)c3c2O)cc1. The van der Waals surface area contributed by atoms with E-state index in [0.29, 0.717) is 6.54 Å². The molecular formula is C18H18FNO. The van der Waals surface area contributed by atoms with Crippen molar-refractivity contribution in [2.75, 3.05) is 0 Å². The second kappa shape index (κ2) is 5.24. The number of aromatic hydroxyl groups is 1. The topological polar surface area (TPSA) is 25.2 Å². The Bertz CT molecular complexity index is 787. The summed E-state index contributed by atoms with van der Waals surface area (Å²) in [6, 6.07) is 11.2. The van der Waals surface area contributed by atoms with Crippen LogP contribution >= 0.6 is 0 Å². The third kappa shape index (κ3) is 2.51. The molecule has 0 spiro atoms. The Balaban J connectivity index is 2.00. The lowest BCUT2D eigenvalue weighted by molar-refractivity contribution is 0.430. The van der Waals surface area contributed by atoms with Crippen molar-refractivity contribution >= 4 is 10.8 Å². The monoisotopic (exact) mass is 283 g/mol. The largest absolute Gasteiger partial charge is 0.494 e. The van der Waals surface area contributed by atoms with Gasteiger partial charge in [0, 0.05) is 17.0 Å². The smallest absolute Gasteiger partial charge is 0.199 e. The minimum absolute atomic E-state index is 0.196. The van der Waals surface area contributed by atoms with Crippen molar-refractivity contribution in [3.8, 4) is 5.88 Å². The average molecular weight is 283 g/mol. The Morgan fingerprint density at radius 1 is 1.10 bits per heavy atom. The standard InChI is InChI=1S/C18H18FNO/c1-3-13-4-6-14(7-5-13)10-20-11-15-9-16(19)8-12(2)17(15)18(20)21/h4-9,11,21H,3,10H2,1-2H3. The van der Waals surface area contributed by atoms with Gasteiger partial charge in [-0.3, -0.25) is 0 Å². The van der Waals surface area contributed by atoms with Crippen LogP contribution in [0.15, 0.2) is 42.6 Å². The Hall–Kier alpha value is -2.29. The quantitative estimate of drug-likeness (QED) is 0.757. The highest BCUT2D eigenvalue weighted by molar-refractivity contribution is 5.90. The average Bonchev–Trinajstić information content (AvgIpc) is 2.76. The molecule has 3 aromatic rings. The molecule has 0 saturated heterocycles. The van der Waals surface area contributed by atoms with Crippen LogP contribution in [0.4, 0.5) is 4.39 Å². The Kier molecular flexibility index (Phi) is 3.42. The van der Waals surface area contributed by atoms with Gasteiger partial charge >= 0.3 is 0 Å². The van der Waals surface area contributed by atoms with E-state index in [1.165, 1.54) is 17.7 Å². The second-order valence-electron chi connectivity index (χ2n) is 5.44. The molecule has 0 radical (unpaired) electrons. The first-order valence-corrected chi connectivity index (χ1v) is 7.14. The van der Waals surface area contributed by atoms with Crippen molar-refractivity contribution in [3.05, 3.63) is 65.1 Å². The van der Waals surface area contributed by atoms with Crippen LogP contribution in [-0.4, -0.2) is 9.67 Å². The lowest BCUT2D eigenvalue weighted by Gasteiger charge is -2.06. The molecule has 0 atom stereocenters. The van der Waals surface area contributed by atoms with E-state index in [-0.39, 0.29) is 11.7 Å².